The van der Waals surface area contributed by atoms with Gasteiger partial charge in [-0.3, -0.25) is 0 Å². The van der Waals surface area contributed by atoms with Crippen molar-refractivity contribution in [1.29, 1.82) is 0 Å². The highest BCUT2D eigenvalue weighted by molar-refractivity contribution is 7.29. The lowest BCUT2D eigenvalue weighted by Gasteiger charge is -2.14. The molecular formula is C40H21N3S2. The maximum absolute atomic E-state index is 4.87. The first-order valence-corrected chi connectivity index (χ1v) is 16.7. The van der Waals surface area contributed by atoms with Gasteiger partial charge in [0, 0.05) is 48.2 Å². The van der Waals surface area contributed by atoms with E-state index in [1.165, 1.54) is 90.1 Å². The maximum Gasteiger partial charge on any atom is 0.116 e. The molecule has 0 spiro atoms. The quantitative estimate of drug-likeness (QED) is 0.174. The molecule has 0 saturated heterocycles. The smallest absolute Gasteiger partial charge is 0.116 e. The van der Waals surface area contributed by atoms with Gasteiger partial charge in [0.15, 0.2) is 0 Å². The highest BCUT2D eigenvalue weighted by atomic mass is 32.1. The SMILES string of the molecule is c1ccc2c(c1)sc1c2c2c3ncncc3sc2c2c1c1ccccc1n2-c1ccc2c3ccccc3c3ccccc3c2c1. The van der Waals surface area contributed by atoms with E-state index >= 15 is 0 Å². The Morgan fingerprint density at radius 2 is 1.11 bits per heavy atom. The summed E-state index contributed by atoms with van der Waals surface area (Å²) in [5.74, 6) is 0. The number of fused-ring (bicyclic) bond motifs is 18. The van der Waals surface area contributed by atoms with Gasteiger partial charge in [-0.05, 0) is 56.6 Å². The van der Waals surface area contributed by atoms with E-state index in [0.717, 1.165) is 10.2 Å². The van der Waals surface area contributed by atoms with Gasteiger partial charge in [-0.2, -0.15) is 0 Å². The molecule has 208 valence electrons. The number of thiophene rings is 2. The lowest BCUT2D eigenvalue weighted by atomic mass is 9.94. The second kappa shape index (κ2) is 8.63. The molecule has 0 amide bonds. The van der Waals surface area contributed by atoms with Crippen molar-refractivity contribution in [3.05, 3.63) is 128 Å². The van der Waals surface area contributed by atoms with Crippen LogP contribution in [0.25, 0.3) is 100 Å². The first-order chi connectivity index (χ1) is 22.3. The van der Waals surface area contributed by atoms with E-state index in [1.54, 1.807) is 6.33 Å². The predicted octanol–water partition coefficient (Wildman–Crippen LogP) is 11.8. The molecule has 0 fully saturated rings. The van der Waals surface area contributed by atoms with Crippen LogP contribution < -0.4 is 0 Å². The van der Waals surface area contributed by atoms with Gasteiger partial charge in [0.05, 0.1) is 25.9 Å². The molecule has 0 bridgehead atoms. The van der Waals surface area contributed by atoms with Crippen LogP contribution in [0.3, 0.4) is 0 Å². The average Bonchev–Trinajstić information content (AvgIpc) is 3.78. The van der Waals surface area contributed by atoms with Gasteiger partial charge in [0.2, 0.25) is 0 Å². The molecule has 11 aromatic rings. The van der Waals surface area contributed by atoms with Gasteiger partial charge in [0.25, 0.3) is 0 Å². The van der Waals surface area contributed by atoms with Crippen LogP contribution in [0.1, 0.15) is 0 Å². The maximum atomic E-state index is 4.87. The fraction of sp³-hybridized carbons (Fsp3) is 0. The van der Waals surface area contributed by atoms with Crippen molar-refractivity contribution in [3.8, 4) is 5.69 Å². The molecule has 0 radical (unpaired) electrons. The van der Waals surface area contributed by atoms with Crippen LogP contribution in [0.2, 0.25) is 0 Å². The zero-order valence-electron chi connectivity index (χ0n) is 23.8. The Morgan fingerprint density at radius 3 is 1.89 bits per heavy atom. The van der Waals surface area contributed by atoms with Crippen LogP contribution in [0.4, 0.5) is 0 Å². The summed E-state index contributed by atoms with van der Waals surface area (Å²) in [7, 11) is 0. The minimum Gasteiger partial charge on any atom is -0.308 e. The number of para-hydroxylation sites is 1. The van der Waals surface area contributed by atoms with E-state index in [2.05, 4.69) is 125 Å². The Kier molecular flexibility index (Phi) is 4.61. The third kappa shape index (κ3) is 3.04. The van der Waals surface area contributed by atoms with Crippen LogP contribution in [0.15, 0.2) is 128 Å². The van der Waals surface area contributed by atoms with Crippen LogP contribution >= 0.6 is 22.7 Å². The van der Waals surface area contributed by atoms with E-state index in [-0.39, 0.29) is 0 Å². The molecule has 0 unspecified atom stereocenters. The van der Waals surface area contributed by atoms with Gasteiger partial charge in [-0.1, -0.05) is 91.0 Å². The van der Waals surface area contributed by atoms with Gasteiger partial charge in [-0.25, -0.2) is 9.97 Å². The molecule has 45 heavy (non-hydrogen) atoms. The van der Waals surface area contributed by atoms with Gasteiger partial charge in [-0.15, -0.1) is 22.7 Å². The Labute approximate surface area is 264 Å². The van der Waals surface area contributed by atoms with Crippen LogP contribution in [0, 0.1) is 0 Å². The molecule has 0 N–H and O–H groups in total. The molecule has 0 aliphatic rings. The first-order valence-electron chi connectivity index (χ1n) is 15.1. The number of hydrogen-bond donors (Lipinski definition) is 0. The zero-order valence-corrected chi connectivity index (χ0v) is 25.4. The highest BCUT2D eigenvalue weighted by Crippen LogP contribution is 2.51. The van der Waals surface area contributed by atoms with E-state index in [9.17, 15) is 0 Å². The van der Waals surface area contributed by atoms with Gasteiger partial charge >= 0.3 is 0 Å². The fourth-order valence-electron chi connectivity index (χ4n) is 7.70. The number of rotatable bonds is 1. The number of benzene rings is 7. The normalized spacial score (nSPS) is 12.4. The lowest BCUT2D eigenvalue weighted by molar-refractivity contribution is 1.19. The average molecular weight is 608 g/mol. The lowest BCUT2D eigenvalue weighted by Crippen LogP contribution is -1.95. The van der Waals surface area contributed by atoms with Gasteiger partial charge < -0.3 is 4.57 Å². The zero-order chi connectivity index (χ0) is 29.2. The van der Waals surface area contributed by atoms with Crippen molar-refractivity contribution < 1.29 is 0 Å². The molecule has 0 aliphatic heterocycles. The van der Waals surface area contributed by atoms with Crippen molar-refractivity contribution in [3.63, 3.8) is 0 Å². The Hall–Kier alpha value is -5.36. The summed E-state index contributed by atoms with van der Waals surface area (Å²) in [5.41, 5.74) is 4.66. The van der Waals surface area contributed by atoms with Crippen LogP contribution in [-0.4, -0.2) is 14.5 Å². The number of nitrogens with zero attached hydrogens (tertiary/aromatic N) is 3. The fourth-order valence-corrected chi connectivity index (χ4v) is 10.1. The van der Waals surface area contributed by atoms with Crippen molar-refractivity contribution in [2.24, 2.45) is 0 Å². The summed E-state index contributed by atoms with van der Waals surface area (Å²) < 4.78 is 7.50. The molecule has 0 aliphatic carbocycles. The first kappa shape index (κ1) is 24.0. The third-order valence-corrected chi connectivity index (χ3v) is 11.8. The van der Waals surface area contributed by atoms with Crippen molar-refractivity contribution in [1.82, 2.24) is 14.5 Å². The van der Waals surface area contributed by atoms with E-state index < -0.39 is 0 Å². The minimum absolute atomic E-state index is 1.04. The third-order valence-electron chi connectivity index (χ3n) is 9.50. The van der Waals surface area contributed by atoms with Crippen LogP contribution in [-0.2, 0) is 0 Å². The Balaban J connectivity index is 1.39. The van der Waals surface area contributed by atoms with Crippen molar-refractivity contribution in [2.75, 3.05) is 0 Å². The molecule has 4 heterocycles. The van der Waals surface area contributed by atoms with Crippen molar-refractivity contribution in [2.45, 2.75) is 0 Å². The molecule has 0 atom stereocenters. The number of aromatic nitrogens is 3. The van der Waals surface area contributed by atoms with E-state index in [0.29, 0.717) is 0 Å². The highest BCUT2D eigenvalue weighted by Gasteiger charge is 2.25. The summed E-state index contributed by atoms with van der Waals surface area (Å²) in [6.07, 6.45) is 3.66. The number of hydrogen-bond acceptors (Lipinski definition) is 4. The van der Waals surface area contributed by atoms with Gasteiger partial charge in [0.1, 0.15) is 6.33 Å². The minimum atomic E-state index is 1.04. The second-order valence-electron chi connectivity index (χ2n) is 11.7. The van der Waals surface area contributed by atoms with Crippen LogP contribution in [0.5, 0.6) is 0 Å². The molecule has 11 rings (SSSR count). The Morgan fingerprint density at radius 1 is 0.489 bits per heavy atom. The van der Waals surface area contributed by atoms with E-state index in [4.69, 9.17) is 4.98 Å². The summed E-state index contributed by atoms with van der Waals surface area (Å²) in [6.45, 7) is 0. The largest absolute Gasteiger partial charge is 0.308 e. The molecule has 3 nitrogen and oxygen atoms in total. The summed E-state index contributed by atoms with van der Waals surface area (Å²) in [4.78, 5) is 9.29. The van der Waals surface area contributed by atoms with E-state index in [1.807, 2.05) is 28.9 Å². The topological polar surface area (TPSA) is 30.7 Å². The molecule has 5 heteroatoms. The predicted molar refractivity (Wildman–Crippen MR) is 195 cm³/mol. The standard InChI is InChI=1S/C40H21N3S2/c1-2-11-25-23(9-1)24-10-3-4-12-26(24)30-19-22(17-18-27(25)30)43-31-15-7-5-13-28(31)35-38(43)40-36(37-33(45-40)20-41-21-42-37)34-29-14-6-8-16-32(29)44-39(34)35/h1-21H. The summed E-state index contributed by atoms with van der Waals surface area (Å²) in [5, 5.41) is 14.1. The molecule has 7 aromatic carbocycles. The van der Waals surface area contributed by atoms with Crippen molar-refractivity contribution >= 4 is 117 Å². The molecule has 0 saturated carbocycles. The summed E-state index contributed by atoms with van der Waals surface area (Å²) >= 11 is 3.70. The Bertz CT molecular complexity index is 3020. The summed E-state index contributed by atoms with van der Waals surface area (Å²) in [6, 6.07) is 42.4. The second-order valence-corrected chi connectivity index (χ2v) is 13.8. The molecular weight excluding hydrogens is 587 g/mol. The monoisotopic (exact) mass is 607 g/mol. The molecule has 4 aromatic heterocycles.